The molecule has 1 aliphatic heterocycles. The molecule has 1 amide bonds. The molecule has 0 radical (unpaired) electrons. The van der Waals surface area contributed by atoms with Gasteiger partial charge < -0.3 is 4.90 Å². The number of hydrogen-bond acceptors (Lipinski definition) is 2. The van der Waals surface area contributed by atoms with Crippen molar-refractivity contribution >= 4 is 27.5 Å². The summed E-state index contributed by atoms with van der Waals surface area (Å²) < 4.78 is 0.968. The van der Waals surface area contributed by atoms with Crippen LogP contribution in [0.1, 0.15) is 11.1 Å². The van der Waals surface area contributed by atoms with Gasteiger partial charge in [0.2, 0.25) is 5.91 Å². The van der Waals surface area contributed by atoms with Gasteiger partial charge in [0.15, 0.2) is 0 Å². The Hall–Kier alpha value is -1.68. The summed E-state index contributed by atoms with van der Waals surface area (Å²) in [6.07, 6.45) is 4.07. The second-order valence-electron chi connectivity index (χ2n) is 4.72. The first-order valence-corrected chi connectivity index (χ1v) is 6.88. The molecule has 0 saturated heterocycles. The molecule has 0 saturated carbocycles. The zero-order valence-electron chi connectivity index (χ0n) is 10.8. The van der Waals surface area contributed by atoms with E-state index in [0.717, 1.165) is 26.9 Å². The highest BCUT2D eigenvalue weighted by Crippen LogP contribution is 2.38. The third kappa shape index (κ3) is 1.87. The highest BCUT2D eigenvalue weighted by atomic mass is 79.9. The molecule has 4 heteroatoms. The highest BCUT2D eigenvalue weighted by molar-refractivity contribution is 9.10. The Labute approximate surface area is 120 Å². The molecule has 19 heavy (non-hydrogen) atoms. The van der Waals surface area contributed by atoms with Gasteiger partial charge in [0, 0.05) is 29.6 Å². The van der Waals surface area contributed by atoms with E-state index >= 15 is 0 Å². The second kappa shape index (κ2) is 4.46. The molecular weight excluding hydrogens is 304 g/mol. The molecule has 96 valence electrons. The third-order valence-electron chi connectivity index (χ3n) is 3.70. The highest BCUT2D eigenvalue weighted by Gasteiger charge is 2.26. The number of amides is 1. The summed E-state index contributed by atoms with van der Waals surface area (Å²) in [4.78, 5) is 17.6. The fraction of sp³-hybridized carbons (Fsp3) is 0.200. The first-order valence-electron chi connectivity index (χ1n) is 6.08. The minimum atomic E-state index is 0.157. The molecule has 3 rings (SSSR count). The Bertz CT molecular complexity index is 682. The van der Waals surface area contributed by atoms with Crippen molar-refractivity contribution in [1.29, 1.82) is 0 Å². The first kappa shape index (κ1) is 12.4. The molecule has 1 aromatic heterocycles. The molecule has 0 fully saturated rings. The van der Waals surface area contributed by atoms with E-state index in [0.29, 0.717) is 6.42 Å². The summed E-state index contributed by atoms with van der Waals surface area (Å²) in [5.41, 5.74) is 5.58. The Kier molecular flexibility index (Phi) is 2.90. The maximum atomic E-state index is 11.8. The van der Waals surface area contributed by atoms with Crippen molar-refractivity contribution in [3.63, 3.8) is 0 Å². The van der Waals surface area contributed by atoms with Crippen LogP contribution in [0.15, 0.2) is 35.1 Å². The normalized spacial score (nSPS) is 13.8. The number of rotatable bonds is 1. The average Bonchev–Trinajstić information content (AvgIpc) is 2.69. The van der Waals surface area contributed by atoms with Crippen LogP contribution < -0.4 is 4.90 Å². The van der Waals surface area contributed by atoms with Gasteiger partial charge in [0.05, 0.1) is 6.42 Å². The van der Waals surface area contributed by atoms with Gasteiger partial charge in [-0.25, -0.2) is 0 Å². The lowest BCUT2D eigenvalue weighted by molar-refractivity contribution is -0.117. The Balaban J connectivity index is 2.20. The van der Waals surface area contributed by atoms with Crippen LogP contribution in [0.2, 0.25) is 0 Å². The number of anilines is 1. The number of carbonyl (C=O) groups is 1. The second-order valence-corrected chi connectivity index (χ2v) is 5.58. The van der Waals surface area contributed by atoms with Crippen LogP contribution >= 0.6 is 15.9 Å². The maximum absolute atomic E-state index is 11.8. The van der Waals surface area contributed by atoms with Crippen LogP contribution in [-0.4, -0.2) is 17.9 Å². The van der Waals surface area contributed by atoms with Crippen molar-refractivity contribution in [3.8, 4) is 11.1 Å². The lowest BCUT2D eigenvalue weighted by Crippen LogP contribution is -2.20. The van der Waals surface area contributed by atoms with E-state index in [1.54, 1.807) is 17.3 Å². The predicted molar refractivity (Wildman–Crippen MR) is 79.2 cm³/mol. The quantitative estimate of drug-likeness (QED) is 0.808. The third-order valence-corrected chi connectivity index (χ3v) is 4.33. The summed E-state index contributed by atoms with van der Waals surface area (Å²) in [5, 5.41) is 0. The van der Waals surface area contributed by atoms with Crippen LogP contribution in [0.3, 0.4) is 0 Å². The first-order chi connectivity index (χ1) is 9.09. The van der Waals surface area contributed by atoms with Crippen molar-refractivity contribution in [2.24, 2.45) is 0 Å². The van der Waals surface area contributed by atoms with Gasteiger partial charge in [-0.3, -0.25) is 9.78 Å². The molecule has 0 unspecified atom stereocenters. The molecule has 1 aromatic carbocycles. The van der Waals surface area contributed by atoms with E-state index in [1.165, 1.54) is 5.56 Å². The SMILES string of the molecule is Cc1c(-c2ccncc2Br)ccc2c1CC(=O)N2C. The molecule has 1 aliphatic rings. The van der Waals surface area contributed by atoms with Gasteiger partial charge in [-0.15, -0.1) is 0 Å². The van der Waals surface area contributed by atoms with Crippen LogP contribution in [-0.2, 0) is 11.2 Å². The van der Waals surface area contributed by atoms with Crippen molar-refractivity contribution in [2.75, 3.05) is 11.9 Å². The van der Waals surface area contributed by atoms with E-state index in [2.05, 4.69) is 33.9 Å². The van der Waals surface area contributed by atoms with Gasteiger partial charge in [-0.2, -0.15) is 0 Å². The number of fused-ring (bicyclic) bond motifs is 1. The number of benzene rings is 1. The molecule has 2 heterocycles. The molecule has 3 nitrogen and oxygen atoms in total. The molecule has 2 aromatic rings. The fourth-order valence-electron chi connectivity index (χ4n) is 2.57. The predicted octanol–water partition coefficient (Wildman–Crippen LogP) is 3.34. The number of pyridine rings is 1. The summed E-state index contributed by atoms with van der Waals surface area (Å²) in [5.74, 6) is 0.157. The van der Waals surface area contributed by atoms with Gasteiger partial charge in [-0.05, 0) is 57.2 Å². The van der Waals surface area contributed by atoms with Crippen LogP contribution in [0.5, 0.6) is 0 Å². The van der Waals surface area contributed by atoms with E-state index in [1.807, 2.05) is 19.2 Å². The number of aromatic nitrogens is 1. The fourth-order valence-corrected chi connectivity index (χ4v) is 3.03. The molecular formula is C15H13BrN2O. The van der Waals surface area contributed by atoms with E-state index in [9.17, 15) is 4.79 Å². The smallest absolute Gasteiger partial charge is 0.231 e. The van der Waals surface area contributed by atoms with Crippen molar-refractivity contribution in [1.82, 2.24) is 4.98 Å². The molecule has 0 aliphatic carbocycles. The summed E-state index contributed by atoms with van der Waals surface area (Å²) in [6.45, 7) is 2.08. The van der Waals surface area contributed by atoms with Crippen molar-refractivity contribution in [3.05, 3.63) is 46.2 Å². The topological polar surface area (TPSA) is 33.2 Å². The Morgan fingerprint density at radius 2 is 2.05 bits per heavy atom. The number of hydrogen-bond donors (Lipinski definition) is 0. The Morgan fingerprint density at radius 1 is 1.26 bits per heavy atom. The van der Waals surface area contributed by atoms with Crippen LogP contribution in [0.4, 0.5) is 5.69 Å². The minimum Gasteiger partial charge on any atom is -0.315 e. The lowest BCUT2D eigenvalue weighted by Gasteiger charge is -2.14. The van der Waals surface area contributed by atoms with Crippen LogP contribution in [0.25, 0.3) is 11.1 Å². The monoisotopic (exact) mass is 316 g/mol. The largest absolute Gasteiger partial charge is 0.315 e. The van der Waals surface area contributed by atoms with Gasteiger partial charge in [0.25, 0.3) is 0 Å². The van der Waals surface area contributed by atoms with E-state index in [-0.39, 0.29) is 5.91 Å². The standard InChI is InChI=1S/C15H13BrN2O/c1-9-10(11-5-6-17-8-13(11)16)3-4-14-12(9)7-15(19)18(14)2/h3-6,8H,7H2,1-2H3. The molecule has 0 spiro atoms. The number of nitrogens with zero attached hydrogens (tertiary/aromatic N) is 2. The number of halogens is 1. The Morgan fingerprint density at radius 3 is 2.79 bits per heavy atom. The van der Waals surface area contributed by atoms with E-state index < -0.39 is 0 Å². The minimum absolute atomic E-state index is 0.157. The van der Waals surface area contributed by atoms with E-state index in [4.69, 9.17) is 0 Å². The van der Waals surface area contributed by atoms with Gasteiger partial charge >= 0.3 is 0 Å². The summed E-state index contributed by atoms with van der Waals surface area (Å²) in [7, 11) is 1.83. The zero-order valence-corrected chi connectivity index (χ0v) is 12.4. The van der Waals surface area contributed by atoms with Gasteiger partial charge in [-0.1, -0.05) is 6.07 Å². The zero-order chi connectivity index (χ0) is 13.6. The summed E-state index contributed by atoms with van der Waals surface area (Å²) in [6, 6.07) is 6.08. The molecule has 0 atom stereocenters. The molecule has 0 bridgehead atoms. The van der Waals surface area contributed by atoms with Crippen molar-refractivity contribution in [2.45, 2.75) is 13.3 Å². The van der Waals surface area contributed by atoms with Crippen LogP contribution in [0, 0.1) is 6.92 Å². The summed E-state index contributed by atoms with van der Waals surface area (Å²) >= 11 is 3.53. The lowest BCUT2D eigenvalue weighted by atomic mass is 9.95. The van der Waals surface area contributed by atoms with Crippen molar-refractivity contribution < 1.29 is 4.79 Å². The maximum Gasteiger partial charge on any atom is 0.231 e. The average molecular weight is 317 g/mol. The number of likely N-dealkylation sites (N-methyl/N-ethyl adjacent to an activating group) is 1. The molecule has 0 N–H and O–H groups in total. The number of carbonyl (C=O) groups excluding carboxylic acids is 1. The van der Waals surface area contributed by atoms with Gasteiger partial charge in [0.1, 0.15) is 0 Å².